The molecule has 0 radical (unpaired) electrons. The van der Waals surface area contributed by atoms with Gasteiger partial charge in [0.25, 0.3) is 5.91 Å². The first-order chi connectivity index (χ1) is 16.2. The van der Waals surface area contributed by atoms with Crippen molar-refractivity contribution in [3.8, 4) is 17.2 Å². The van der Waals surface area contributed by atoms with Crippen LogP contribution in [0.25, 0.3) is 16.6 Å². The average Bonchev–Trinajstić information content (AvgIpc) is 3.55. The Balaban J connectivity index is 1.43. The fraction of sp³-hybridized carbons (Fsp3) is 0.385. The molecule has 0 aliphatic carbocycles. The maximum Gasteiger partial charge on any atom is 0.256 e. The lowest BCUT2D eigenvalue weighted by Crippen LogP contribution is -2.36. The number of anilines is 1. The van der Waals surface area contributed by atoms with Gasteiger partial charge < -0.3 is 24.4 Å². The van der Waals surface area contributed by atoms with Crippen LogP contribution in [0.2, 0.25) is 0 Å². The van der Waals surface area contributed by atoms with Crippen LogP contribution in [0.3, 0.4) is 0 Å². The third kappa shape index (κ3) is 3.47. The molecule has 2 fully saturated rings. The van der Waals surface area contributed by atoms with Crippen molar-refractivity contribution in [1.82, 2.24) is 14.8 Å². The minimum absolute atomic E-state index is 0.167. The molecule has 0 unspecified atom stereocenters. The number of rotatable bonds is 5. The van der Waals surface area contributed by atoms with Gasteiger partial charge in [0, 0.05) is 32.4 Å². The molecule has 3 aliphatic rings. The van der Waals surface area contributed by atoms with E-state index in [0.717, 1.165) is 68.2 Å². The van der Waals surface area contributed by atoms with Crippen LogP contribution < -0.4 is 20.4 Å². The first kappa shape index (κ1) is 20.3. The summed E-state index contributed by atoms with van der Waals surface area (Å²) in [5.74, 6) is 1.10. The highest BCUT2D eigenvalue weighted by molar-refractivity contribution is 6.01. The zero-order valence-electron chi connectivity index (χ0n) is 18.7. The minimum atomic E-state index is -0.320. The van der Waals surface area contributed by atoms with Crippen molar-refractivity contribution in [2.75, 3.05) is 44.2 Å². The topological polar surface area (TPSA) is 66.8 Å². The highest BCUT2D eigenvalue weighted by Gasteiger charge is 2.28. The van der Waals surface area contributed by atoms with Crippen LogP contribution in [0, 0.1) is 0 Å². The number of carbonyl (C=O) groups is 1. The van der Waals surface area contributed by atoms with Crippen LogP contribution in [0.15, 0.2) is 47.4 Å². The van der Waals surface area contributed by atoms with E-state index < -0.39 is 0 Å². The molecule has 4 heterocycles. The molecule has 3 aliphatic heterocycles. The Morgan fingerprint density at radius 1 is 0.939 bits per heavy atom. The highest BCUT2D eigenvalue weighted by atomic mass is 16.5. The monoisotopic (exact) mass is 444 g/mol. The number of fused-ring (bicyclic) bond motifs is 2. The second-order valence-corrected chi connectivity index (χ2v) is 9.12. The number of nitrogens with one attached hydrogen (secondary N) is 1. The zero-order chi connectivity index (χ0) is 22.4. The first-order valence-electron chi connectivity index (χ1n) is 12.0. The third-order valence-corrected chi connectivity index (χ3v) is 7.04. The van der Waals surface area contributed by atoms with Crippen LogP contribution in [0.1, 0.15) is 36.0 Å². The molecule has 0 atom stereocenters. The number of benzene rings is 2. The lowest BCUT2D eigenvalue weighted by Gasteiger charge is -2.28. The molecule has 1 amide bonds. The summed E-state index contributed by atoms with van der Waals surface area (Å²) < 4.78 is 8.32. The molecule has 0 saturated carbocycles. The van der Waals surface area contributed by atoms with E-state index in [1.165, 1.54) is 12.8 Å². The molecule has 2 saturated heterocycles. The smallest absolute Gasteiger partial charge is 0.256 e. The molecule has 33 heavy (non-hydrogen) atoms. The Morgan fingerprint density at radius 2 is 1.70 bits per heavy atom. The molecule has 0 spiro atoms. The molecule has 7 heteroatoms. The number of hydrogen-bond donors (Lipinski definition) is 1. The number of aromatic nitrogens is 1. The lowest BCUT2D eigenvalue weighted by molar-refractivity contribution is 0.0948. The molecule has 6 rings (SSSR count). The fourth-order valence-corrected chi connectivity index (χ4v) is 5.32. The predicted octanol–water partition coefficient (Wildman–Crippen LogP) is 3.52. The minimum Gasteiger partial charge on any atom is -0.451 e. The maximum atomic E-state index is 13.4. The zero-order valence-corrected chi connectivity index (χ0v) is 18.7. The molecule has 2 aromatic carbocycles. The van der Waals surface area contributed by atoms with Crippen LogP contribution in [0.5, 0.6) is 11.5 Å². The van der Waals surface area contributed by atoms with Gasteiger partial charge in [0.05, 0.1) is 16.8 Å². The molecule has 0 bridgehead atoms. The second-order valence-electron chi connectivity index (χ2n) is 9.12. The Morgan fingerprint density at radius 3 is 2.52 bits per heavy atom. The van der Waals surface area contributed by atoms with E-state index in [0.29, 0.717) is 17.7 Å². The number of ether oxygens (including phenoxy) is 1. The summed E-state index contributed by atoms with van der Waals surface area (Å²) in [5, 5.41) is 3.47. The van der Waals surface area contributed by atoms with Crippen LogP contribution >= 0.6 is 0 Å². The summed E-state index contributed by atoms with van der Waals surface area (Å²) in [5.41, 5.74) is 2.49. The van der Waals surface area contributed by atoms with Gasteiger partial charge >= 0.3 is 0 Å². The quantitative estimate of drug-likeness (QED) is 0.510. The molecule has 1 N–H and O–H groups in total. The van der Waals surface area contributed by atoms with Crippen LogP contribution in [-0.4, -0.2) is 54.6 Å². The van der Waals surface area contributed by atoms with Gasteiger partial charge in [-0.1, -0.05) is 12.1 Å². The SMILES string of the molecule is O=C(NCCN1CCCC1)c1cn2c3c(c(N4CCCC4)ccc3c1=O)Oc1ccccc1-2. The Bertz CT molecular complexity index is 1290. The molecular weight excluding hydrogens is 416 g/mol. The normalized spacial score (nSPS) is 17.3. The summed E-state index contributed by atoms with van der Waals surface area (Å²) in [6, 6.07) is 11.6. The standard InChI is InChI=1S/C26H28N4O3/c31-24-18-9-10-21(29-14-5-6-15-29)25-23(18)30(20-7-1-2-8-22(20)33-25)17-19(24)26(32)27-11-16-28-12-3-4-13-28/h1-2,7-10,17H,3-6,11-16H2,(H,27,32). The summed E-state index contributed by atoms with van der Waals surface area (Å²) in [6.07, 6.45) is 6.42. The second kappa shape index (κ2) is 8.23. The van der Waals surface area contributed by atoms with E-state index >= 15 is 0 Å². The van der Waals surface area contributed by atoms with E-state index in [1.54, 1.807) is 6.20 Å². The van der Waals surface area contributed by atoms with Crippen molar-refractivity contribution in [2.45, 2.75) is 25.7 Å². The average molecular weight is 445 g/mol. The number of para-hydroxylation sites is 2. The summed E-state index contributed by atoms with van der Waals surface area (Å²) in [7, 11) is 0. The largest absolute Gasteiger partial charge is 0.451 e. The summed E-state index contributed by atoms with van der Waals surface area (Å²) >= 11 is 0. The number of carbonyl (C=O) groups excluding carboxylic acids is 1. The Kier molecular flexibility index (Phi) is 5.06. The van der Waals surface area contributed by atoms with Crippen molar-refractivity contribution in [3.63, 3.8) is 0 Å². The molecule has 3 aromatic rings. The third-order valence-electron chi connectivity index (χ3n) is 7.04. The van der Waals surface area contributed by atoms with Gasteiger partial charge in [-0.15, -0.1) is 0 Å². The number of likely N-dealkylation sites (tertiary alicyclic amines) is 1. The van der Waals surface area contributed by atoms with Gasteiger partial charge in [0.15, 0.2) is 11.5 Å². The molecule has 1 aromatic heterocycles. The number of pyridine rings is 1. The van der Waals surface area contributed by atoms with Crippen molar-refractivity contribution < 1.29 is 9.53 Å². The first-order valence-corrected chi connectivity index (χ1v) is 12.0. The van der Waals surface area contributed by atoms with E-state index in [1.807, 2.05) is 41.0 Å². The lowest BCUT2D eigenvalue weighted by atomic mass is 10.1. The van der Waals surface area contributed by atoms with Crippen molar-refractivity contribution in [2.24, 2.45) is 0 Å². The van der Waals surface area contributed by atoms with E-state index in [-0.39, 0.29) is 16.9 Å². The Labute approximate surface area is 192 Å². The molecular formula is C26H28N4O3. The Hall–Kier alpha value is -3.32. The van der Waals surface area contributed by atoms with Crippen molar-refractivity contribution >= 4 is 22.5 Å². The van der Waals surface area contributed by atoms with Crippen molar-refractivity contribution in [1.29, 1.82) is 0 Å². The predicted molar refractivity (Wildman–Crippen MR) is 129 cm³/mol. The fourth-order valence-electron chi connectivity index (χ4n) is 5.32. The van der Waals surface area contributed by atoms with Gasteiger partial charge in [-0.05, 0) is 63.0 Å². The van der Waals surface area contributed by atoms with E-state index in [9.17, 15) is 9.59 Å². The number of amides is 1. The van der Waals surface area contributed by atoms with Crippen LogP contribution in [-0.2, 0) is 0 Å². The van der Waals surface area contributed by atoms with Crippen molar-refractivity contribution in [3.05, 3.63) is 58.4 Å². The van der Waals surface area contributed by atoms with E-state index in [4.69, 9.17) is 4.74 Å². The van der Waals surface area contributed by atoms with Gasteiger partial charge in [-0.3, -0.25) is 9.59 Å². The summed E-state index contributed by atoms with van der Waals surface area (Å²) in [6.45, 7) is 5.47. The van der Waals surface area contributed by atoms with Gasteiger partial charge in [0.1, 0.15) is 11.1 Å². The molecule has 170 valence electrons. The highest BCUT2D eigenvalue weighted by Crippen LogP contribution is 2.45. The van der Waals surface area contributed by atoms with Gasteiger partial charge in [-0.2, -0.15) is 0 Å². The number of nitrogens with zero attached hydrogens (tertiary/aromatic N) is 3. The molecule has 7 nitrogen and oxygen atoms in total. The van der Waals surface area contributed by atoms with Gasteiger partial charge in [0.2, 0.25) is 5.43 Å². The summed E-state index contributed by atoms with van der Waals surface area (Å²) in [4.78, 5) is 31.1. The van der Waals surface area contributed by atoms with Gasteiger partial charge in [-0.25, -0.2) is 0 Å². The maximum absolute atomic E-state index is 13.4. The van der Waals surface area contributed by atoms with Crippen LogP contribution in [0.4, 0.5) is 5.69 Å². The van der Waals surface area contributed by atoms with E-state index in [2.05, 4.69) is 15.1 Å². The number of hydrogen-bond acceptors (Lipinski definition) is 5.